The van der Waals surface area contributed by atoms with Gasteiger partial charge in [0, 0.05) is 25.6 Å². The SMILES string of the molecule is NC(CN1CCC(F)(F)C1)C(O)c1ccc2c(c1)OCCO2. The monoisotopic (exact) mass is 314 g/mol. The highest BCUT2D eigenvalue weighted by Crippen LogP contribution is 2.33. The van der Waals surface area contributed by atoms with Gasteiger partial charge in [0.2, 0.25) is 0 Å². The van der Waals surface area contributed by atoms with Crippen molar-refractivity contribution in [3.8, 4) is 11.5 Å². The molecule has 2 atom stereocenters. The molecule has 3 rings (SSSR count). The van der Waals surface area contributed by atoms with Gasteiger partial charge in [-0.2, -0.15) is 0 Å². The van der Waals surface area contributed by atoms with Crippen molar-refractivity contribution in [2.24, 2.45) is 5.73 Å². The highest BCUT2D eigenvalue weighted by atomic mass is 19.3. The van der Waals surface area contributed by atoms with Crippen molar-refractivity contribution in [2.45, 2.75) is 24.5 Å². The third-order valence-electron chi connectivity index (χ3n) is 4.03. The largest absolute Gasteiger partial charge is 0.486 e. The second-order valence-corrected chi connectivity index (χ2v) is 5.85. The molecule has 0 saturated carbocycles. The van der Waals surface area contributed by atoms with Crippen molar-refractivity contribution in [2.75, 3.05) is 32.8 Å². The van der Waals surface area contributed by atoms with Crippen molar-refractivity contribution in [1.82, 2.24) is 4.90 Å². The number of benzene rings is 1. The summed E-state index contributed by atoms with van der Waals surface area (Å²) in [4.78, 5) is 1.59. The van der Waals surface area contributed by atoms with Gasteiger partial charge in [0.05, 0.1) is 12.6 Å². The highest BCUT2D eigenvalue weighted by Gasteiger charge is 2.39. The number of halogens is 2. The van der Waals surface area contributed by atoms with Gasteiger partial charge < -0.3 is 20.3 Å². The average molecular weight is 314 g/mol. The summed E-state index contributed by atoms with van der Waals surface area (Å²) in [5, 5.41) is 10.3. The molecule has 0 aliphatic carbocycles. The smallest absolute Gasteiger partial charge is 0.261 e. The molecule has 5 nitrogen and oxygen atoms in total. The van der Waals surface area contributed by atoms with Crippen LogP contribution in [0.2, 0.25) is 0 Å². The third kappa shape index (κ3) is 3.31. The van der Waals surface area contributed by atoms with Crippen LogP contribution in [0.1, 0.15) is 18.1 Å². The number of nitrogens with zero attached hydrogens (tertiary/aromatic N) is 1. The molecule has 0 radical (unpaired) electrons. The van der Waals surface area contributed by atoms with Crippen LogP contribution < -0.4 is 15.2 Å². The summed E-state index contributed by atoms with van der Waals surface area (Å²) in [6, 6.07) is 4.49. The van der Waals surface area contributed by atoms with E-state index in [1.165, 1.54) is 0 Å². The van der Waals surface area contributed by atoms with Gasteiger partial charge in [-0.25, -0.2) is 8.78 Å². The lowest BCUT2D eigenvalue weighted by Gasteiger charge is -2.26. The average Bonchev–Trinajstić information content (AvgIpc) is 2.84. The van der Waals surface area contributed by atoms with Crippen LogP contribution in [0.4, 0.5) is 8.78 Å². The lowest BCUT2D eigenvalue weighted by atomic mass is 10.0. The molecule has 3 N–H and O–H groups in total. The van der Waals surface area contributed by atoms with Crippen molar-refractivity contribution < 1.29 is 23.4 Å². The molecule has 0 bridgehead atoms. The first kappa shape index (κ1) is 15.5. The molecule has 1 fully saturated rings. The second kappa shape index (κ2) is 5.98. The van der Waals surface area contributed by atoms with E-state index in [1.54, 1.807) is 23.1 Å². The van der Waals surface area contributed by atoms with E-state index in [1.807, 2.05) is 0 Å². The van der Waals surface area contributed by atoms with Crippen molar-refractivity contribution in [3.05, 3.63) is 23.8 Å². The van der Waals surface area contributed by atoms with Crippen LogP contribution in [0, 0.1) is 0 Å². The van der Waals surface area contributed by atoms with Crippen molar-refractivity contribution >= 4 is 0 Å². The topological polar surface area (TPSA) is 68.0 Å². The number of ether oxygens (including phenoxy) is 2. The zero-order valence-corrected chi connectivity index (χ0v) is 12.2. The quantitative estimate of drug-likeness (QED) is 0.873. The van der Waals surface area contributed by atoms with Crippen LogP contribution >= 0.6 is 0 Å². The fourth-order valence-electron chi connectivity index (χ4n) is 2.85. The van der Waals surface area contributed by atoms with Crippen molar-refractivity contribution in [3.63, 3.8) is 0 Å². The lowest BCUT2D eigenvalue weighted by molar-refractivity contribution is 0.00979. The molecule has 122 valence electrons. The Labute approximate surface area is 127 Å². The lowest BCUT2D eigenvalue weighted by Crippen LogP contribution is -2.41. The molecule has 2 aliphatic heterocycles. The first-order chi connectivity index (χ1) is 10.4. The Morgan fingerprint density at radius 3 is 2.68 bits per heavy atom. The fraction of sp³-hybridized carbons (Fsp3) is 0.600. The molecule has 0 amide bonds. The minimum absolute atomic E-state index is 0.153. The van der Waals surface area contributed by atoms with E-state index in [0.29, 0.717) is 36.8 Å². The Balaban J connectivity index is 1.64. The summed E-state index contributed by atoms with van der Waals surface area (Å²) < 4.78 is 37.3. The number of hydrogen-bond acceptors (Lipinski definition) is 5. The summed E-state index contributed by atoms with van der Waals surface area (Å²) in [6.45, 7) is 1.19. The van der Waals surface area contributed by atoms with Gasteiger partial charge >= 0.3 is 0 Å². The fourth-order valence-corrected chi connectivity index (χ4v) is 2.85. The van der Waals surface area contributed by atoms with E-state index in [4.69, 9.17) is 15.2 Å². The van der Waals surface area contributed by atoms with Gasteiger partial charge in [0.15, 0.2) is 11.5 Å². The summed E-state index contributed by atoms with van der Waals surface area (Å²) >= 11 is 0. The van der Waals surface area contributed by atoms with Crippen molar-refractivity contribution in [1.29, 1.82) is 0 Å². The summed E-state index contributed by atoms with van der Waals surface area (Å²) in [5.74, 6) is -1.44. The second-order valence-electron chi connectivity index (χ2n) is 5.85. The predicted octanol–water partition coefficient (Wildman–Crippen LogP) is 1.16. The molecule has 0 spiro atoms. The molecular weight excluding hydrogens is 294 g/mol. The molecule has 1 aromatic rings. The number of rotatable bonds is 4. The number of likely N-dealkylation sites (tertiary alicyclic amines) is 1. The molecule has 22 heavy (non-hydrogen) atoms. The van der Waals surface area contributed by atoms with Gasteiger partial charge in [0.25, 0.3) is 5.92 Å². The molecule has 7 heteroatoms. The van der Waals surface area contributed by atoms with Gasteiger partial charge in [-0.15, -0.1) is 0 Å². The van der Waals surface area contributed by atoms with E-state index < -0.39 is 18.1 Å². The van der Waals surface area contributed by atoms with Crippen LogP contribution in [0.5, 0.6) is 11.5 Å². The number of aliphatic hydroxyl groups is 1. The number of hydrogen-bond donors (Lipinski definition) is 2. The van der Waals surface area contributed by atoms with Gasteiger partial charge in [0.1, 0.15) is 13.2 Å². The number of fused-ring (bicyclic) bond motifs is 1. The number of alkyl halides is 2. The van der Waals surface area contributed by atoms with Crippen LogP contribution in [-0.4, -0.2) is 54.8 Å². The summed E-state index contributed by atoms with van der Waals surface area (Å²) in [5.41, 5.74) is 6.58. The molecule has 2 aliphatic rings. The maximum absolute atomic E-state index is 13.2. The third-order valence-corrected chi connectivity index (χ3v) is 4.03. The van der Waals surface area contributed by atoms with Crippen LogP contribution in [0.3, 0.4) is 0 Å². The van der Waals surface area contributed by atoms with E-state index >= 15 is 0 Å². The highest BCUT2D eigenvalue weighted by molar-refractivity contribution is 5.44. The minimum atomic E-state index is -2.65. The van der Waals surface area contributed by atoms with Crippen LogP contribution in [0.15, 0.2) is 18.2 Å². The van der Waals surface area contributed by atoms with Gasteiger partial charge in [-0.1, -0.05) is 6.07 Å². The normalized spacial score (nSPS) is 23.3. The Bertz CT molecular complexity index is 542. The summed E-state index contributed by atoms with van der Waals surface area (Å²) in [7, 11) is 0. The van der Waals surface area contributed by atoms with E-state index in [-0.39, 0.29) is 19.5 Å². The Kier molecular flexibility index (Phi) is 4.20. The van der Waals surface area contributed by atoms with Crippen LogP contribution in [0.25, 0.3) is 0 Å². The molecular formula is C15H20F2N2O3. The van der Waals surface area contributed by atoms with Gasteiger partial charge in [-0.05, 0) is 17.7 Å². The zero-order valence-electron chi connectivity index (χ0n) is 12.2. The molecule has 2 heterocycles. The maximum atomic E-state index is 13.2. The standard InChI is InChI=1S/C15H20F2N2O3/c16-15(17)3-4-19(9-15)8-11(18)14(20)10-1-2-12-13(7-10)22-6-5-21-12/h1-2,7,11,14,20H,3-6,8-9,18H2. The first-order valence-electron chi connectivity index (χ1n) is 7.38. The molecule has 0 aromatic heterocycles. The molecule has 1 saturated heterocycles. The Morgan fingerprint density at radius 2 is 2.00 bits per heavy atom. The molecule has 2 unspecified atom stereocenters. The minimum Gasteiger partial charge on any atom is -0.486 e. The Morgan fingerprint density at radius 1 is 1.27 bits per heavy atom. The number of nitrogens with two attached hydrogens (primary N) is 1. The molecule has 1 aromatic carbocycles. The summed E-state index contributed by atoms with van der Waals surface area (Å²) in [6.07, 6.45) is -1.09. The first-order valence-corrected chi connectivity index (χ1v) is 7.38. The van der Waals surface area contributed by atoms with Crippen LogP contribution in [-0.2, 0) is 0 Å². The maximum Gasteiger partial charge on any atom is 0.261 e. The zero-order chi connectivity index (χ0) is 15.7. The number of aliphatic hydroxyl groups excluding tert-OH is 1. The van der Waals surface area contributed by atoms with Gasteiger partial charge in [-0.3, -0.25) is 4.90 Å². The Hall–Kier alpha value is -1.44. The predicted molar refractivity (Wildman–Crippen MR) is 76.4 cm³/mol. The van der Waals surface area contributed by atoms with E-state index in [2.05, 4.69) is 0 Å². The van der Waals surface area contributed by atoms with E-state index in [9.17, 15) is 13.9 Å². The van der Waals surface area contributed by atoms with E-state index in [0.717, 1.165) is 0 Å².